The molecule has 1 aromatic heterocycles. The van der Waals surface area contributed by atoms with Crippen molar-refractivity contribution in [3.05, 3.63) is 93.9 Å². The van der Waals surface area contributed by atoms with E-state index in [1.165, 1.54) is 24.3 Å². The Labute approximate surface area is 190 Å². The molecule has 0 saturated carbocycles. The van der Waals surface area contributed by atoms with Crippen LogP contribution in [0.1, 0.15) is 35.4 Å². The molecular weight excluding hydrogens is 430 g/mol. The third-order valence-corrected chi connectivity index (χ3v) is 5.80. The van der Waals surface area contributed by atoms with Gasteiger partial charge >= 0.3 is 0 Å². The highest BCUT2D eigenvalue weighted by atomic mass is 35.5. The number of nitrogens with zero attached hydrogens (tertiary/aromatic N) is 1. The molecule has 0 radical (unpaired) electrons. The number of furan rings is 1. The van der Waals surface area contributed by atoms with Crippen molar-refractivity contribution in [2.75, 3.05) is 7.11 Å². The van der Waals surface area contributed by atoms with Crippen LogP contribution in [0.2, 0.25) is 5.02 Å². The lowest BCUT2D eigenvalue weighted by Gasteiger charge is -2.25. The SMILES string of the molecule is CCc1ccc(C2/C(=C(\O)c3cc(Cl)ccc3OC)C(=O)C(=O)N2Cc2ccco2)cc1. The molecule has 0 spiro atoms. The Bertz CT molecular complexity index is 1180. The molecule has 0 bridgehead atoms. The summed E-state index contributed by atoms with van der Waals surface area (Å²) in [7, 11) is 1.45. The van der Waals surface area contributed by atoms with Crippen LogP contribution in [0.15, 0.2) is 70.9 Å². The van der Waals surface area contributed by atoms with Crippen LogP contribution in [0.5, 0.6) is 5.75 Å². The molecule has 1 amide bonds. The van der Waals surface area contributed by atoms with E-state index >= 15 is 0 Å². The molecule has 2 aromatic carbocycles. The summed E-state index contributed by atoms with van der Waals surface area (Å²) in [6, 6.07) is 15.0. The number of halogens is 1. The van der Waals surface area contributed by atoms with Gasteiger partial charge in [0.2, 0.25) is 0 Å². The van der Waals surface area contributed by atoms with Crippen LogP contribution < -0.4 is 4.74 Å². The van der Waals surface area contributed by atoms with Gasteiger partial charge in [0.25, 0.3) is 11.7 Å². The second kappa shape index (κ2) is 8.93. The molecule has 1 aliphatic rings. The molecule has 4 rings (SSSR count). The quantitative estimate of drug-likeness (QED) is 0.319. The smallest absolute Gasteiger partial charge is 0.296 e. The van der Waals surface area contributed by atoms with Gasteiger partial charge in [-0.25, -0.2) is 0 Å². The monoisotopic (exact) mass is 451 g/mol. The number of aliphatic hydroxyl groups excluding tert-OH is 1. The van der Waals surface area contributed by atoms with Gasteiger partial charge in [0.15, 0.2) is 0 Å². The van der Waals surface area contributed by atoms with Gasteiger partial charge in [0.05, 0.1) is 37.1 Å². The van der Waals surface area contributed by atoms with E-state index < -0.39 is 17.7 Å². The average molecular weight is 452 g/mol. The number of carbonyl (C=O) groups is 2. The number of aliphatic hydroxyl groups is 1. The number of hydrogen-bond donors (Lipinski definition) is 1. The fourth-order valence-electron chi connectivity index (χ4n) is 3.91. The molecule has 7 heteroatoms. The maximum absolute atomic E-state index is 13.1. The van der Waals surface area contributed by atoms with Gasteiger partial charge < -0.3 is 19.2 Å². The number of carbonyl (C=O) groups excluding carboxylic acids is 2. The second-order valence-corrected chi connectivity index (χ2v) is 7.88. The number of ketones is 1. The topological polar surface area (TPSA) is 80.0 Å². The number of aryl methyl sites for hydroxylation is 1. The normalized spacial score (nSPS) is 17.7. The Morgan fingerprint density at radius 2 is 1.91 bits per heavy atom. The van der Waals surface area contributed by atoms with Gasteiger partial charge in [-0.2, -0.15) is 0 Å². The number of amides is 1. The summed E-state index contributed by atoms with van der Waals surface area (Å²) in [5.41, 5.74) is 2.04. The summed E-state index contributed by atoms with van der Waals surface area (Å²) >= 11 is 6.14. The molecule has 0 aliphatic carbocycles. The molecule has 164 valence electrons. The Morgan fingerprint density at radius 1 is 1.16 bits per heavy atom. The highest BCUT2D eigenvalue weighted by Crippen LogP contribution is 2.42. The van der Waals surface area contributed by atoms with Crippen LogP contribution >= 0.6 is 11.6 Å². The maximum atomic E-state index is 13.1. The van der Waals surface area contributed by atoms with Crippen molar-refractivity contribution in [3.8, 4) is 5.75 Å². The van der Waals surface area contributed by atoms with E-state index in [2.05, 4.69) is 0 Å². The van der Waals surface area contributed by atoms with Crippen LogP contribution in [-0.4, -0.2) is 28.8 Å². The zero-order chi connectivity index (χ0) is 22.8. The van der Waals surface area contributed by atoms with Gasteiger partial charge in [-0.15, -0.1) is 0 Å². The Kier molecular flexibility index (Phi) is 6.06. The van der Waals surface area contributed by atoms with Gasteiger partial charge in [-0.05, 0) is 47.9 Å². The number of methoxy groups -OCH3 is 1. The molecule has 1 saturated heterocycles. The molecule has 3 aromatic rings. The van der Waals surface area contributed by atoms with E-state index in [4.69, 9.17) is 20.8 Å². The van der Waals surface area contributed by atoms with Crippen LogP contribution in [-0.2, 0) is 22.6 Å². The Balaban J connectivity index is 1.90. The Hall–Kier alpha value is -3.51. The summed E-state index contributed by atoms with van der Waals surface area (Å²) in [6.07, 6.45) is 2.36. The molecule has 1 fully saturated rings. The van der Waals surface area contributed by atoms with Gasteiger partial charge in [0.1, 0.15) is 17.3 Å². The first-order valence-electron chi connectivity index (χ1n) is 10.2. The molecular formula is C25H22ClNO5. The van der Waals surface area contributed by atoms with Crippen molar-refractivity contribution in [2.45, 2.75) is 25.9 Å². The zero-order valence-electron chi connectivity index (χ0n) is 17.7. The fourth-order valence-corrected chi connectivity index (χ4v) is 4.08. The first kappa shape index (κ1) is 21.7. The maximum Gasteiger partial charge on any atom is 0.296 e. The largest absolute Gasteiger partial charge is 0.507 e. The number of rotatable bonds is 6. The number of hydrogen-bond acceptors (Lipinski definition) is 5. The van der Waals surface area contributed by atoms with Crippen LogP contribution in [0.3, 0.4) is 0 Å². The van der Waals surface area contributed by atoms with Crippen molar-refractivity contribution in [3.63, 3.8) is 0 Å². The molecule has 1 aliphatic heterocycles. The number of benzene rings is 2. The zero-order valence-corrected chi connectivity index (χ0v) is 18.4. The van der Waals surface area contributed by atoms with E-state index in [9.17, 15) is 14.7 Å². The van der Waals surface area contributed by atoms with Gasteiger partial charge in [-0.3, -0.25) is 9.59 Å². The Morgan fingerprint density at radius 3 is 2.53 bits per heavy atom. The number of ether oxygens (including phenoxy) is 1. The summed E-state index contributed by atoms with van der Waals surface area (Å²) in [4.78, 5) is 27.6. The molecule has 1 N–H and O–H groups in total. The summed E-state index contributed by atoms with van der Waals surface area (Å²) in [6.45, 7) is 2.13. The predicted octanol–water partition coefficient (Wildman–Crippen LogP) is 5.13. The average Bonchev–Trinajstić information content (AvgIpc) is 3.41. The first-order chi connectivity index (χ1) is 15.4. The second-order valence-electron chi connectivity index (χ2n) is 7.45. The van der Waals surface area contributed by atoms with Crippen molar-refractivity contribution in [1.82, 2.24) is 4.90 Å². The van der Waals surface area contributed by atoms with E-state index in [0.717, 1.165) is 12.0 Å². The molecule has 1 unspecified atom stereocenters. The van der Waals surface area contributed by atoms with Crippen molar-refractivity contribution >= 4 is 29.1 Å². The lowest BCUT2D eigenvalue weighted by molar-refractivity contribution is -0.140. The van der Waals surface area contributed by atoms with E-state index in [0.29, 0.717) is 22.1 Å². The highest BCUT2D eigenvalue weighted by Gasteiger charge is 2.46. The minimum atomic E-state index is -0.797. The summed E-state index contributed by atoms with van der Waals surface area (Å²) in [5.74, 6) is -0.963. The standard InChI is InChI=1S/C25H22ClNO5/c1-3-15-6-8-16(9-7-15)22-21(23(28)19-13-17(26)10-11-20(19)31-2)24(29)25(30)27(22)14-18-5-4-12-32-18/h4-13,22,28H,3,14H2,1-2H3/b23-21+. The van der Waals surface area contributed by atoms with E-state index in [1.807, 2.05) is 31.2 Å². The van der Waals surface area contributed by atoms with Crippen LogP contribution in [0, 0.1) is 0 Å². The minimum Gasteiger partial charge on any atom is -0.507 e. The van der Waals surface area contributed by atoms with E-state index in [1.54, 1.807) is 24.3 Å². The summed E-state index contributed by atoms with van der Waals surface area (Å²) < 4.78 is 10.8. The molecule has 2 heterocycles. The summed E-state index contributed by atoms with van der Waals surface area (Å²) in [5, 5.41) is 11.6. The number of likely N-dealkylation sites (tertiary alicyclic amines) is 1. The van der Waals surface area contributed by atoms with Crippen molar-refractivity contribution < 1.29 is 23.8 Å². The number of Topliss-reactive ketones (excluding diaryl/α,β-unsaturated/α-hetero) is 1. The molecule has 32 heavy (non-hydrogen) atoms. The lowest BCUT2D eigenvalue weighted by Crippen LogP contribution is -2.29. The predicted molar refractivity (Wildman–Crippen MR) is 120 cm³/mol. The third kappa shape index (κ3) is 3.89. The first-order valence-corrected chi connectivity index (χ1v) is 10.6. The highest BCUT2D eigenvalue weighted by molar-refractivity contribution is 6.46. The third-order valence-electron chi connectivity index (χ3n) is 5.57. The van der Waals surface area contributed by atoms with Crippen molar-refractivity contribution in [2.24, 2.45) is 0 Å². The molecule has 1 atom stereocenters. The fraction of sp³-hybridized carbons (Fsp3) is 0.200. The van der Waals surface area contributed by atoms with E-state index in [-0.39, 0.29) is 23.4 Å². The van der Waals surface area contributed by atoms with Crippen LogP contribution in [0.25, 0.3) is 5.76 Å². The minimum absolute atomic E-state index is 0.0219. The lowest BCUT2D eigenvalue weighted by atomic mass is 9.94. The molecule has 6 nitrogen and oxygen atoms in total. The van der Waals surface area contributed by atoms with Gasteiger partial charge in [0, 0.05) is 5.02 Å². The van der Waals surface area contributed by atoms with Crippen molar-refractivity contribution in [1.29, 1.82) is 0 Å². The van der Waals surface area contributed by atoms with Crippen LogP contribution in [0.4, 0.5) is 0 Å². The van der Waals surface area contributed by atoms with Gasteiger partial charge in [-0.1, -0.05) is 42.8 Å².